The molecule has 1 aromatic carbocycles. The molecule has 0 atom stereocenters. The highest BCUT2D eigenvalue weighted by molar-refractivity contribution is 5.58. The molecule has 0 bridgehead atoms. The van der Waals surface area contributed by atoms with Crippen LogP contribution in [-0.2, 0) is 10.8 Å². The van der Waals surface area contributed by atoms with Crippen LogP contribution in [0.2, 0.25) is 0 Å². The number of aromatic nitrogens is 2. The fourth-order valence-corrected chi connectivity index (χ4v) is 4.07. The molecule has 0 saturated heterocycles. The van der Waals surface area contributed by atoms with E-state index in [-0.39, 0.29) is 10.8 Å². The third-order valence-corrected chi connectivity index (χ3v) is 6.31. The number of hydrogen-bond donors (Lipinski definition) is 1. The van der Waals surface area contributed by atoms with Crippen LogP contribution in [0.1, 0.15) is 57.5 Å². The van der Waals surface area contributed by atoms with Crippen LogP contribution in [-0.4, -0.2) is 9.97 Å². The quantitative estimate of drug-likeness (QED) is 0.472. The molecular formula is C28H31N3. The average Bonchev–Trinajstić information content (AvgIpc) is 2.81. The minimum Gasteiger partial charge on any atom is -0.353 e. The van der Waals surface area contributed by atoms with Gasteiger partial charge in [0.05, 0.1) is 35.2 Å². The summed E-state index contributed by atoms with van der Waals surface area (Å²) in [6, 6.07) is 18.9. The van der Waals surface area contributed by atoms with Gasteiger partial charge in [-0.15, -0.1) is 0 Å². The number of rotatable bonds is 6. The van der Waals surface area contributed by atoms with Gasteiger partial charge in [0.15, 0.2) is 0 Å². The Bertz CT molecular complexity index is 1070. The first-order valence-electron chi connectivity index (χ1n) is 11.0. The molecule has 4 rings (SSSR count). The summed E-state index contributed by atoms with van der Waals surface area (Å²) in [7, 11) is 0. The summed E-state index contributed by atoms with van der Waals surface area (Å²) in [5, 5.41) is 3.43. The van der Waals surface area contributed by atoms with Crippen LogP contribution in [0.25, 0.3) is 0 Å². The minimum atomic E-state index is -0.142. The summed E-state index contributed by atoms with van der Waals surface area (Å²) in [5.74, 6) is 0. The van der Waals surface area contributed by atoms with E-state index in [0.29, 0.717) is 0 Å². The lowest BCUT2D eigenvalue weighted by Crippen LogP contribution is -2.21. The first-order chi connectivity index (χ1) is 14.9. The van der Waals surface area contributed by atoms with Gasteiger partial charge in [-0.05, 0) is 48.2 Å². The maximum Gasteiger partial charge on any atom is 0.0571 e. The van der Waals surface area contributed by atoms with Crippen molar-refractivity contribution in [3.63, 3.8) is 0 Å². The van der Waals surface area contributed by atoms with E-state index in [0.717, 1.165) is 35.6 Å². The molecule has 158 valence electrons. The molecule has 1 aliphatic carbocycles. The first kappa shape index (κ1) is 21.0. The number of allylic oxidation sites excluding steroid dienone is 4. The van der Waals surface area contributed by atoms with Crippen LogP contribution in [0.3, 0.4) is 0 Å². The fourth-order valence-electron chi connectivity index (χ4n) is 4.07. The Labute approximate surface area is 186 Å². The topological polar surface area (TPSA) is 37.8 Å². The van der Waals surface area contributed by atoms with Gasteiger partial charge < -0.3 is 5.32 Å². The van der Waals surface area contributed by atoms with E-state index < -0.39 is 0 Å². The summed E-state index contributed by atoms with van der Waals surface area (Å²) >= 11 is 0. The zero-order valence-electron chi connectivity index (χ0n) is 18.9. The fraction of sp³-hybridized carbons (Fsp3) is 0.286. The number of pyridine rings is 2. The molecule has 1 N–H and O–H groups in total. The van der Waals surface area contributed by atoms with Crippen LogP contribution in [0.5, 0.6) is 0 Å². The van der Waals surface area contributed by atoms with Crippen molar-refractivity contribution in [1.29, 1.82) is 0 Å². The van der Waals surface area contributed by atoms with E-state index in [1.54, 1.807) is 0 Å². The average molecular weight is 410 g/mol. The van der Waals surface area contributed by atoms with E-state index in [4.69, 9.17) is 9.97 Å². The van der Waals surface area contributed by atoms with Gasteiger partial charge in [0, 0.05) is 10.8 Å². The Hall–Kier alpha value is -3.20. The summed E-state index contributed by atoms with van der Waals surface area (Å²) in [6.45, 7) is 8.89. The summed E-state index contributed by atoms with van der Waals surface area (Å²) in [4.78, 5) is 9.50. The smallest absolute Gasteiger partial charge is 0.0571 e. The molecule has 3 nitrogen and oxygen atoms in total. The maximum absolute atomic E-state index is 4.76. The molecule has 3 aromatic rings. The lowest BCUT2D eigenvalue weighted by Gasteiger charge is -2.27. The van der Waals surface area contributed by atoms with E-state index in [1.165, 1.54) is 11.1 Å². The summed E-state index contributed by atoms with van der Waals surface area (Å²) < 4.78 is 0. The van der Waals surface area contributed by atoms with Crippen LogP contribution < -0.4 is 5.32 Å². The van der Waals surface area contributed by atoms with E-state index >= 15 is 0 Å². The van der Waals surface area contributed by atoms with Gasteiger partial charge in [0.1, 0.15) is 0 Å². The molecule has 3 heteroatoms. The van der Waals surface area contributed by atoms with Crippen LogP contribution >= 0.6 is 0 Å². The van der Waals surface area contributed by atoms with E-state index in [2.05, 4.69) is 99.8 Å². The molecule has 0 radical (unpaired) electrons. The highest BCUT2D eigenvalue weighted by Crippen LogP contribution is 2.34. The van der Waals surface area contributed by atoms with Gasteiger partial charge in [-0.2, -0.15) is 0 Å². The van der Waals surface area contributed by atoms with Crippen molar-refractivity contribution in [2.45, 2.75) is 51.4 Å². The van der Waals surface area contributed by atoms with Crippen molar-refractivity contribution in [2.24, 2.45) is 0 Å². The molecule has 31 heavy (non-hydrogen) atoms. The molecule has 0 amide bonds. The Morgan fingerprint density at radius 1 is 0.710 bits per heavy atom. The second kappa shape index (κ2) is 8.50. The Kier molecular flexibility index (Phi) is 5.77. The Balaban J connectivity index is 1.47. The molecule has 2 aromatic heterocycles. The van der Waals surface area contributed by atoms with Crippen molar-refractivity contribution in [3.8, 4) is 0 Å². The van der Waals surface area contributed by atoms with Crippen LogP contribution in [0.4, 0.5) is 11.4 Å². The number of nitrogens with one attached hydrogen (secondary N) is 1. The van der Waals surface area contributed by atoms with Gasteiger partial charge >= 0.3 is 0 Å². The lowest BCUT2D eigenvalue weighted by atomic mass is 9.78. The largest absolute Gasteiger partial charge is 0.353 e. The molecule has 0 aliphatic heterocycles. The van der Waals surface area contributed by atoms with Gasteiger partial charge in [0.25, 0.3) is 0 Å². The van der Waals surface area contributed by atoms with Gasteiger partial charge in [-0.3, -0.25) is 9.97 Å². The van der Waals surface area contributed by atoms with E-state index in [1.807, 2.05) is 18.5 Å². The van der Waals surface area contributed by atoms with Gasteiger partial charge in [-0.25, -0.2) is 0 Å². The second-order valence-corrected chi connectivity index (χ2v) is 9.24. The summed E-state index contributed by atoms with van der Waals surface area (Å²) in [6.07, 6.45) is 12.9. The predicted octanol–water partition coefficient (Wildman–Crippen LogP) is 7.10. The maximum atomic E-state index is 4.76. The van der Waals surface area contributed by atoms with E-state index in [9.17, 15) is 0 Å². The van der Waals surface area contributed by atoms with Gasteiger partial charge in [-0.1, -0.05) is 76.3 Å². The Morgan fingerprint density at radius 3 is 1.84 bits per heavy atom. The molecule has 0 spiro atoms. The van der Waals surface area contributed by atoms with Crippen molar-refractivity contribution >= 4 is 11.4 Å². The second-order valence-electron chi connectivity index (χ2n) is 9.24. The monoisotopic (exact) mass is 409 g/mol. The highest BCUT2D eigenvalue weighted by atomic mass is 14.9. The number of hydrogen-bond acceptors (Lipinski definition) is 3. The van der Waals surface area contributed by atoms with Crippen molar-refractivity contribution in [1.82, 2.24) is 9.97 Å². The van der Waals surface area contributed by atoms with Gasteiger partial charge in [0.2, 0.25) is 0 Å². The first-order valence-corrected chi connectivity index (χ1v) is 11.0. The number of anilines is 2. The third kappa shape index (κ3) is 4.46. The minimum absolute atomic E-state index is 0.0956. The molecular weight excluding hydrogens is 378 g/mol. The normalized spacial score (nSPS) is 14.3. The van der Waals surface area contributed by atoms with Crippen molar-refractivity contribution < 1.29 is 0 Å². The third-order valence-electron chi connectivity index (χ3n) is 6.31. The number of benzene rings is 1. The highest BCUT2D eigenvalue weighted by Gasteiger charge is 2.26. The van der Waals surface area contributed by atoms with Crippen molar-refractivity contribution in [2.75, 3.05) is 5.32 Å². The zero-order chi connectivity index (χ0) is 21.9. The molecule has 0 saturated carbocycles. The molecule has 2 heterocycles. The Morgan fingerprint density at radius 2 is 1.32 bits per heavy atom. The van der Waals surface area contributed by atoms with Crippen LogP contribution in [0, 0.1) is 0 Å². The molecule has 1 aliphatic rings. The van der Waals surface area contributed by atoms with Crippen LogP contribution in [0.15, 0.2) is 90.8 Å². The SMILES string of the molecule is CC(C)(C1=CCCC=C1)c1ccc(Nc2ccc(C(C)(C)c3ccccc3)nc2)cn1. The lowest BCUT2D eigenvalue weighted by molar-refractivity contribution is 0.609. The zero-order valence-corrected chi connectivity index (χ0v) is 18.9. The summed E-state index contributed by atoms with van der Waals surface area (Å²) in [5.41, 5.74) is 6.41. The standard InChI is InChI=1S/C28H31N3/c1-27(2,21-11-7-5-8-12-21)25-17-15-23(19-29-25)31-24-16-18-26(30-20-24)28(3,4)22-13-9-6-10-14-22/h5,7-9,11-20,31H,6,10H2,1-4H3. The molecule has 0 fully saturated rings. The number of nitrogens with zero attached hydrogens (tertiary/aromatic N) is 2. The predicted molar refractivity (Wildman–Crippen MR) is 130 cm³/mol. The van der Waals surface area contributed by atoms with Crippen molar-refractivity contribution in [3.05, 3.63) is 108 Å². The molecule has 0 unspecified atom stereocenters.